The summed E-state index contributed by atoms with van der Waals surface area (Å²) >= 11 is 0. The Kier molecular flexibility index (Phi) is 10.6. The van der Waals surface area contributed by atoms with Gasteiger partial charge in [0.2, 0.25) is 11.8 Å². The number of hydrogen-bond donors (Lipinski definition) is 2. The minimum atomic E-state index is -4.67. The van der Waals surface area contributed by atoms with Crippen LogP contribution in [0, 0.1) is 5.92 Å². The Morgan fingerprint density at radius 3 is 2.37 bits per heavy atom. The molecule has 1 saturated carbocycles. The molecule has 15 nitrogen and oxygen atoms in total. The average Bonchev–Trinajstić information content (AvgIpc) is 3.78. The number of ether oxygens (including phenoxy) is 1. The van der Waals surface area contributed by atoms with Crippen LogP contribution in [0.25, 0.3) is 21.9 Å². The summed E-state index contributed by atoms with van der Waals surface area (Å²) in [6, 6.07) is 12.4. The third-order valence-corrected chi connectivity index (χ3v) is 12.5. The standard InChI is InChI=1S/C42H47F3N10O5/c1-50-38-32(5-3-6-33(38)55(41(50)59)34-12-13-37(56)48-40(34)58)52-16-14-51(15-17-52)24-26-8-10-28(11-9-26)54-25-27-22-31(35(23-30(27)49-54)53-18-20-60-21-19-53)47-39(57)29-4-2-7-36(46-29)42(43,44)45/h2-7,22-23,25-26,28,34H,8-21,24H2,1H3,(H,47,57)(H,48,56,58)/t26-,28-,34?. The molecule has 60 heavy (non-hydrogen) atoms. The molecular formula is C42H47F3N10O5. The van der Waals surface area contributed by atoms with E-state index in [1.54, 1.807) is 11.6 Å². The number of alkyl halides is 3. The molecule has 0 bridgehead atoms. The van der Waals surface area contributed by atoms with E-state index < -0.39 is 29.7 Å². The Labute approximate surface area is 343 Å². The molecule has 3 aromatic heterocycles. The molecule has 3 aliphatic heterocycles. The number of halogens is 3. The number of piperazine rings is 1. The first-order valence-corrected chi connectivity index (χ1v) is 20.6. The number of nitrogens with zero attached hydrogens (tertiary/aromatic N) is 8. The summed E-state index contributed by atoms with van der Waals surface area (Å²) in [7, 11) is 1.74. The number of hydrogen-bond acceptors (Lipinski definition) is 10. The van der Waals surface area contributed by atoms with Crippen molar-refractivity contribution in [3.8, 4) is 0 Å². The van der Waals surface area contributed by atoms with Gasteiger partial charge in [0, 0.05) is 70.9 Å². The van der Waals surface area contributed by atoms with Crippen molar-refractivity contribution in [2.24, 2.45) is 13.0 Å². The molecule has 4 fully saturated rings. The summed E-state index contributed by atoms with van der Waals surface area (Å²) in [5, 5.41) is 11.0. The molecule has 2 aromatic carbocycles. The molecule has 1 aliphatic carbocycles. The monoisotopic (exact) mass is 828 g/mol. The van der Waals surface area contributed by atoms with Gasteiger partial charge in [-0.2, -0.15) is 18.3 Å². The maximum Gasteiger partial charge on any atom is 0.433 e. The van der Waals surface area contributed by atoms with Crippen LogP contribution in [0.1, 0.15) is 66.8 Å². The molecule has 0 radical (unpaired) electrons. The van der Waals surface area contributed by atoms with Gasteiger partial charge in [0.15, 0.2) is 0 Å². The largest absolute Gasteiger partial charge is 0.433 e. The number of rotatable bonds is 8. The molecule has 6 heterocycles. The fourth-order valence-electron chi connectivity index (χ4n) is 9.37. The van der Waals surface area contributed by atoms with Gasteiger partial charge in [0.1, 0.15) is 17.4 Å². The highest BCUT2D eigenvalue weighted by atomic mass is 19.4. The molecule has 9 rings (SSSR count). The van der Waals surface area contributed by atoms with Crippen molar-refractivity contribution in [1.82, 2.24) is 34.1 Å². The predicted molar refractivity (Wildman–Crippen MR) is 218 cm³/mol. The number of carbonyl (C=O) groups is 3. The quantitative estimate of drug-likeness (QED) is 0.210. The van der Waals surface area contributed by atoms with Crippen LogP contribution in [0.4, 0.5) is 30.2 Å². The second-order valence-electron chi connectivity index (χ2n) is 16.3. The molecule has 4 aliphatic rings. The second-order valence-corrected chi connectivity index (χ2v) is 16.3. The normalized spacial score (nSPS) is 22.1. The highest BCUT2D eigenvalue weighted by Gasteiger charge is 2.35. The minimum absolute atomic E-state index is 0.195. The summed E-state index contributed by atoms with van der Waals surface area (Å²) < 4.78 is 50.8. The number of aryl methyl sites for hydroxylation is 1. The van der Waals surface area contributed by atoms with E-state index in [1.165, 1.54) is 16.7 Å². The van der Waals surface area contributed by atoms with Crippen molar-refractivity contribution in [2.45, 2.75) is 56.8 Å². The zero-order valence-corrected chi connectivity index (χ0v) is 33.3. The van der Waals surface area contributed by atoms with Gasteiger partial charge in [-0.25, -0.2) is 9.78 Å². The number of aromatic nitrogens is 5. The Morgan fingerprint density at radius 2 is 1.63 bits per heavy atom. The zero-order valence-electron chi connectivity index (χ0n) is 33.3. The van der Waals surface area contributed by atoms with Crippen molar-refractivity contribution >= 4 is 56.7 Å². The van der Waals surface area contributed by atoms with E-state index in [0.717, 1.165) is 92.3 Å². The molecule has 0 spiro atoms. The summed E-state index contributed by atoms with van der Waals surface area (Å²) in [6.45, 7) is 6.58. The van der Waals surface area contributed by atoms with Gasteiger partial charge >= 0.3 is 11.9 Å². The molecule has 1 atom stereocenters. The summed E-state index contributed by atoms with van der Waals surface area (Å²) in [4.78, 5) is 61.8. The number of imidazole rings is 1. The van der Waals surface area contributed by atoms with Gasteiger partial charge < -0.3 is 19.9 Å². The van der Waals surface area contributed by atoms with Gasteiger partial charge in [0.25, 0.3) is 5.91 Å². The number of para-hydroxylation sites is 1. The van der Waals surface area contributed by atoms with Crippen LogP contribution in [-0.4, -0.2) is 106 Å². The van der Waals surface area contributed by atoms with E-state index in [-0.39, 0.29) is 29.8 Å². The first-order valence-electron chi connectivity index (χ1n) is 20.6. The minimum Gasteiger partial charge on any atom is -0.378 e. The van der Waals surface area contributed by atoms with E-state index in [4.69, 9.17) is 9.84 Å². The molecule has 3 saturated heterocycles. The summed E-state index contributed by atoms with van der Waals surface area (Å²) in [5.41, 5.74) is 2.70. The van der Waals surface area contributed by atoms with Crippen molar-refractivity contribution in [3.63, 3.8) is 0 Å². The lowest BCUT2D eigenvalue weighted by Crippen LogP contribution is -2.48. The van der Waals surface area contributed by atoms with Crippen LogP contribution >= 0.6 is 0 Å². The van der Waals surface area contributed by atoms with E-state index in [9.17, 15) is 32.3 Å². The molecule has 2 N–H and O–H groups in total. The third-order valence-electron chi connectivity index (χ3n) is 12.5. The lowest BCUT2D eigenvalue weighted by Gasteiger charge is -2.39. The number of carbonyl (C=O) groups excluding carboxylic acids is 3. The van der Waals surface area contributed by atoms with Crippen LogP contribution < -0.4 is 26.1 Å². The van der Waals surface area contributed by atoms with Crippen LogP contribution in [-0.2, 0) is 27.5 Å². The number of fused-ring (bicyclic) bond motifs is 2. The molecule has 3 amide bonds. The number of imide groups is 1. The summed E-state index contributed by atoms with van der Waals surface area (Å²) in [6.07, 6.45) is 1.87. The molecule has 1 unspecified atom stereocenters. The summed E-state index contributed by atoms with van der Waals surface area (Å²) in [5.74, 6) is -0.943. The van der Waals surface area contributed by atoms with Crippen LogP contribution in [0.2, 0.25) is 0 Å². The van der Waals surface area contributed by atoms with E-state index >= 15 is 0 Å². The van der Waals surface area contributed by atoms with E-state index in [2.05, 4.69) is 30.3 Å². The fourth-order valence-corrected chi connectivity index (χ4v) is 9.37. The Balaban J connectivity index is 0.840. The predicted octanol–water partition coefficient (Wildman–Crippen LogP) is 4.72. The Morgan fingerprint density at radius 1 is 0.900 bits per heavy atom. The van der Waals surface area contributed by atoms with Crippen molar-refractivity contribution < 1.29 is 32.3 Å². The number of benzene rings is 2. The number of piperidine rings is 1. The molecule has 18 heteroatoms. The lowest BCUT2D eigenvalue weighted by atomic mass is 9.85. The maximum atomic E-state index is 13.5. The van der Waals surface area contributed by atoms with Crippen molar-refractivity contribution in [3.05, 3.63) is 76.6 Å². The lowest BCUT2D eigenvalue weighted by molar-refractivity contribution is -0.141. The highest BCUT2D eigenvalue weighted by Crippen LogP contribution is 2.37. The van der Waals surface area contributed by atoms with Crippen LogP contribution in [0.15, 0.2) is 59.5 Å². The van der Waals surface area contributed by atoms with Gasteiger partial charge in [0.05, 0.1) is 52.9 Å². The first kappa shape index (κ1) is 39.7. The number of pyridine rings is 1. The fraction of sp³-hybridized carbons (Fsp3) is 0.476. The highest BCUT2D eigenvalue weighted by molar-refractivity contribution is 6.06. The third kappa shape index (κ3) is 7.73. The number of morpholine rings is 1. The van der Waals surface area contributed by atoms with Gasteiger partial charge in [-0.3, -0.25) is 38.4 Å². The Bertz CT molecular complexity index is 2510. The SMILES string of the molecule is Cn1c(=O)n(C2CCC(=O)NC2=O)c2cccc(N3CCN(C[C@H]4CC[C@H](n5cc6cc(NC(=O)c7cccc(C(F)(F)F)n7)c(N7CCOCC7)cc6n5)CC4)CC3)c21. The van der Waals surface area contributed by atoms with Crippen molar-refractivity contribution in [2.75, 3.05) is 74.1 Å². The number of amides is 3. The zero-order chi connectivity index (χ0) is 41.7. The van der Waals surface area contributed by atoms with Crippen LogP contribution in [0.3, 0.4) is 0 Å². The molecule has 5 aromatic rings. The average molecular weight is 829 g/mol. The number of nitrogens with one attached hydrogen (secondary N) is 2. The maximum absolute atomic E-state index is 13.5. The molecule has 316 valence electrons. The van der Waals surface area contributed by atoms with E-state index in [0.29, 0.717) is 49.8 Å². The smallest absolute Gasteiger partial charge is 0.378 e. The van der Waals surface area contributed by atoms with Gasteiger partial charge in [-0.05, 0) is 74.4 Å². The number of anilines is 3. The first-order chi connectivity index (χ1) is 28.9. The molecular weight excluding hydrogens is 782 g/mol. The second kappa shape index (κ2) is 16.0. The van der Waals surface area contributed by atoms with Gasteiger partial charge in [-0.15, -0.1) is 0 Å². The Hall–Kier alpha value is -5.75. The van der Waals surface area contributed by atoms with Gasteiger partial charge in [-0.1, -0.05) is 12.1 Å². The topological polar surface area (TPSA) is 152 Å². The van der Waals surface area contributed by atoms with Crippen molar-refractivity contribution in [1.29, 1.82) is 0 Å². The van der Waals surface area contributed by atoms with E-state index in [1.807, 2.05) is 41.2 Å². The van der Waals surface area contributed by atoms with Crippen LogP contribution in [0.5, 0.6) is 0 Å².